The molecule has 0 aromatic carbocycles. The summed E-state index contributed by atoms with van der Waals surface area (Å²) >= 11 is 0. The second-order valence-corrected chi connectivity index (χ2v) is 16.7. The van der Waals surface area contributed by atoms with Crippen LogP contribution in [0.25, 0.3) is 0 Å². The van der Waals surface area contributed by atoms with E-state index in [0.717, 1.165) is 51.4 Å². The second kappa shape index (κ2) is 40.5. The molecule has 3 atom stereocenters. The quantitative estimate of drug-likeness (QED) is 0.0132. The molecule has 0 spiro atoms. The summed E-state index contributed by atoms with van der Waals surface area (Å²) in [7, 11) is -4.75. The first-order chi connectivity index (χ1) is 28.5. The first-order valence-electron chi connectivity index (χ1n) is 22.6. The first-order valence-corrected chi connectivity index (χ1v) is 24.1. The fourth-order valence-corrected chi connectivity index (χ4v) is 6.73. The van der Waals surface area contributed by atoms with E-state index < -0.39 is 51.1 Å². The molecule has 0 fully saturated rings. The van der Waals surface area contributed by atoms with Crippen LogP contribution in [-0.2, 0) is 42.3 Å². The molecule has 0 radical (unpaired) electrons. The molecule has 0 heterocycles. The lowest BCUT2D eigenvalue weighted by molar-refractivity contribution is -0.161. The average Bonchev–Trinajstić information content (AvgIpc) is 3.20. The standard InChI is InChI=1S/C46H80NO11P/c1-3-5-7-8-9-10-11-12-13-14-15-16-19-22-25-28-32-36-44(49)55-38-42(39-56-59(53,54)57-40-43(47)46(51)52)58-45(50)37-33-29-26-23-20-17-18-21-24-27-31-35-41(48)34-30-6-4-2/h17-18,23-24,26-27,31,35,42-43H,3-16,19-22,25,28-30,32-34,36-40,47H2,1-2H3,(H,51,52)(H,53,54)/b18-17-,26-23-,27-24-,35-31+/t42-,43+/m1/s1. The Kier molecular flexibility index (Phi) is 38.5. The van der Waals surface area contributed by atoms with Gasteiger partial charge in [-0.05, 0) is 44.6 Å². The van der Waals surface area contributed by atoms with Gasteiger partial charge in [0.2, 0.25) is 0 Å². The Hall–Kier alpha value is -2.89. The number of unbranched alkanes of at least 4 members (excludes halogenated alkanes) is 19. The van der Waals surface area contributed by atoms with Gasteiger partial charge in [0.25, 0.3) is 0 Å². The van der Waals surface area contributed by atoms with Gasteiger partial charge in [-0.2, -0.15) is 0 Å². The largest absolute Gasteiger partial charge is 0.480 e. The van der Waals surface area contributed by atoms with Crippen LogP contribution in [0.1, 0.15) is 187 Å². The van der Waals surface area contributed by atoms with E-state index in [1.165, 1.54) is 83.5 Å². The summed E-state index contributed by atoms with van der Waals surface area (Å²) in [5, 5.41) is 8.89. The zero-order valence-electron chi connectivity index (χ0n) is 36.6. The molecule has 0 aromatic heterocycles. The zero-order chi connectivity index (χ0) is 43.7. The third-order valence-corrected chi connectivity index (χ3v) is 10.5. The average molecular weight is 854 g/mol. The molecule has 59 heavy (non-hydrogen) atoms. The molecule has 1 unspecified atom stereocenters. The second-order valence-electron chi connectivity index (χ2n) is 15.2. The van der Waals surface area contributed by atoms with Crippen molar-refractivity contribution in [1.82, 2.24) is 0 Å². The van der Waals surface area contributed by atoms with Crippen LogP contribution in [0.3, 0.4) is 0 Å². The molecule has 0 amide bonds. The number of hydrogen-bond donors (Lipinski definition) is 3. The summed E-state index contributed by atoms with van der Waals surface area (Å²) in [6.07, 6.45) is 41.6. The van der Waals surface area contributed by atoms with Crippen molar-refractivity contribution in [2.75, 3.05) is 19.8 Å². The minimum Gasteiger partial charge on any atom is -0.480 e. The lowest BCUT2D eigenvalue weighted by Crippen LogP contribution is -2.34. The van der Waals surface area contributed by atoms with Crippen LogP contribution < -0.4 is 5.73 Å². The summed E-state index contributed by atoms with van der Waals surface area (Å²) in [6.45, 7) is 2.59. The van der Waals surface area contributed by atoms with E-state index in [-0.39, 0.29) is 25.2 Å². The van der Waals surface area contributed by atoms with Crippen molar-refractivity contribution < 1.29 is 52.3 Å². The highest BCUT2D eigenvalue weighted by Gasteiger charge is 2.28. The lowest BCUT2D eigenvalue weighted by Gasteiger charge is -2.20. The molecule has 0 saturated heterocycles. The number of carboxylic acid groups (broad SMARTS) is 1. The summed E-state index contributed by atoms with van der Waals surface area (Å²) < 4.78 is 32.6. The van der Waals surface area contributed by atoms with Crippen molar-refractivity contribution in [3.63, 3.8) is 0 Å². The first kappa shape index (κ1) is 56.1. The number of carboxylic acids is 1. The maximum absolute atomic E-state index is 12.6. The van der Waals surface area contributed by atoms with Crippen LogP contribution in [0.5, 0.6) is 0 Å². The van der Waals surface area contributed by atoms with E-state index in [0.29, 0.717) is 25.7 Å². The minimum absolute atomic E-state index is 0.0596. The fourth-order valence-electron chi connectivity index (χ4n) is 5.95. The molecular formula is C46H80NO11P. The van der Waals surface area contributed by atoms with Crippen molar-refractivity contribution >= 4 is 31.5 Å². The van der Waals surface area contributed by atoms with Gasteiger partial charge in [0.1, 0.15) is 12.6 Å². The number of phosphoric ester groups is 1. The Morgan fingerprint density at radius 2 is 1.05 bits per heavy atom. The monoisotopic (exact) mass is 854 g/mol. The molecule has 12 nitrogen and oxygen atoms in total. The van der Waals surface area contributed by atoms with Crippen molar-refractivity contribution in [1.29, 1.82) is 0 Å². The smallest absolute Gasteiger partial charge is 0.472 e. The van der Waals surface area contributed by atoms with E-state index in [2.05, 4.69) is 18.4 Å². The number of allylic oxidation sites excluding steroid dienone is 8. The molecule has 13 heteroatoms. The molecule has 4 N–H and O–H groups in total. The number of rotatable bonds is 42. The summed E-state index contributed by atoms with van der Waals surface area (Å²) in [5.41, 5.74) is 5.33. The SMILES string of the molecule is CCCCCCCCCCCCCCCCCCCC(=O)OC[C@H](COP(=O)(O)OC[C@H](N)C(=O)O)OC(=O)CCC/C=C\C/C=C\C/C=C\C=C\C(=O)CCCCC. The van der Waals surface area contributed by atoms with Gasteiger partial charge >= 0.3 is 25.7 Å². The maximum Gasteiger partial charge on any atom is 0.472 e. The Bertz CT molecular complexity index is 1250. The number of hydrogen-bond acceptors (Lipinski definition) is 10. The number of nitrogens with two attached hydrogens (primary N) is 1. The third-order valence-electron chi connectivity index (χ3n) is 9.56. The Morgan fingerprint density at radius 3 is 1.63 bits per heavy atom. The minimum atomic E-state index is -4.75. The van der Waals surface area contributed by atoms with Crippen LogP contribution in [0.4, 0.5) is 0 Å². The molecule has 0 aliphatic rings. The zero-order valence-corrected chi connectivity index (χ0v) is 37.5. The van der Waals surface area contributed by atoms with Gasteiger partial charge in [-0.1, -0.05) is 172 Å². The van der Waals surface area contributed by atoms with E-state index in [1.807, 2.05) is 36.5 Å². The lowest BCUT2D eigenvalue weighted by atomic mass is 10.0. The predicted molar refractivity (Wildman–Crippen MR) is 236 cm³/mol. The van der Waals surface area contributed by atoms with Gasteiger partial charge in [0.05, 0.1) is 13.2 Å². The topological polar surface area (TPSA) is 189 Å². The third kappa shape index (κ3) is 40.3. The highest BCUT2D eigenvalue weighted by Crippen LogP contribution is 2.43. The molecule has 0 aromatic rings. The molecule has 0 bridgehead atoms. The Morgan fingerprint density at radius 1 is 0.576 bits per heavy atom. The highest BCUT2D eigenvalue weighted by molar-refractivity contribution is 7.47. The van der Waals surface area contributed by atoms with Gasteiger partial charge in [-0.3, -0.25) is 28.2 Å². The van der Waals surface area contributed by atoms with Crippen molar-refractivity contribution in [3.05, 3.63) is 48.6 Å². The number of carbonyl (C=O) groups excluding carboxylic acids is 3. The Labute approximate surface area is 356 Å². The van der Waals surface area contributed by atoms with Crippen LogP contribution in [0, 0.1) is 0 Å². The van der Waals surface area contributed by atoms with Gasteiger partial charge in [-0.15, -0.1) is 0 Å². The van der Waals surface area contributed by atoms with Gasteiger partial charge in [0, 0.05) is 19.3 Å². The number of carbonyl (C=O) groups is 4. The van der Waals surface area contributed by atoms with Crippen molar-refractivity contribution in [2.45, 2.75) is 199 Å². The summed E-state index contributed by atoms with van der Waals surface area (Å²) in [5.74, 6) is -2.34. The van der Waals surface area contributed by atoms with Crippen LogP contribution in [-0.4, -0.2) is 65.7 Å². The van der Waals surface area contributed by atoms with E-state index >= 15 is 0 Å². The fraction of sp³-hybridized carbons (Fsp3) is 0.739. The molecule has 0 saturated carbocycles. The molecule has 0 rings (SSSR count). The summed E-state index contributed by atoms with van der Waals surface area (Å²) in [4.78, 5) is 57.7. The number of ketones is 1. The van der Waals surface area contributed by atoms with Crippen LogP contribution >= 0.6 is 7.82 Å². The van der Waals surface area contributed by atoms with Crippen molar-refractivity contribution in [3.8, 4) is 0 Å². The van der Waals surface area contributed by atoms with E-state index in [4.69, 9.17) is 24.8 Å². The van der Waals surface area contributed by atoms with Crippen molar-refractivity contribution in [2.24, 2.45) is 5.73 Å². The van der Waals surface area contributed by atoms with Gasteiger partial charge in [-0.25, -0.2) is 4.57 Å². The normalized spacial score (nSPS) is 14.0. The maximum atomic E-state index is 12.6. The number of phosphoric acid groups is 1. The predicted octanol–water partition coefficient (Wildman–Crippen LogP) is 11.4. The molecule has 0 aliphatic carbocycles. The summed E-state index contributed by atoms with van der Waals surface area (Å²) in [6, 6.07) is -1.54. The van der Waals surface area contributed by atoms with E-state index in [9.17, 15) is 28.6 Å². The molecule has 340 valence electrons. The number of esters is 2. The van der Waals surface area contributed by atoms with Crippen LogP contribution in [0.15, 0.2) is 48.6 Å². The van der Waals surface area contributed by atoms with E-state index in [1.54, 1.807) is 12.2 Å². The van der Waals surface area contributed by atoms with Crippen LogP contribution in [0.2, 0.25) is 0 Å². The Balaban J connectivity index is 4.46. The molecule has 0 aliphatic heterocycles. The van der Waals surface area contributed by atoms with Gasteiger partial charge < -0.3 is 25.2 Å². The number of ether oxygens (including phenoxy) is 2. The highest BCUT2D eigenvalue weighted by atomic mass is 31.2. The van der Waals surface area contributed by atoms with Gasteiger partial charge in [0.15, 0.2) is 11.9 Å². The number of aliphatic carboxylic acids is 1. The molecular weight excluding hydrogens is 773 g/mol.